The monoisotopic (exact) mass is 353 g/mol. The number of carbonyl (C=O) groups is 1. The van der Waals surface area contributed by atoms with Gasteiger partial charge in [-0.15, -0.1) is 16.4 Å². The molecule has 2 aromatic rings. The van der Waals surface area contributed by atoms with Crippen LogP contribution in [0.25, 0.3) is 0 Å². The summed E-state index contributed by atoms with van der Waals surface area (Å²) in [7, 11) is 0. The van der Waals surface area contributed by atoms with Gasteiger partial charge in [0, 0.05) is 29.0 Å². The number of rotatable bonds is 4. The molecule has 3 heterocycles. The summed E-state index contributed by atoms with van der Waals surface area (Å²) in [5.74, 6) is 1.11. The van der Waals surface area contributed by atoms with Crippen LogP contribution >= 0.6 is 34.6 Å². The highest BCUT2D eigenvalue weighted by atomic mass is 32.2. The molecule has 1 saturated heterocycles. The summed E-state index contributed by atoms with van der Waals surface area (Å²) in [5.41, 5.74) is 0.865. The molecule has 1 atom stereocenters. The van der Waals surface area contributed by atoms with Crippen molar-refractivity contribution in [3.63, 3.8) is 0 Å². The first-order valence-electron chi connectivity index (χ1n) is 7.55. The molecule has 0 N–H and O–H groups in total. The van der Waals surface area contributed by atoms with Gasteiger partial charge in [0.25, 0.3) is 5.91 Å². The van der Waals surface area contributed by atoms with Gasteiger partial charge in [-0.25, -0.2) is 0 Å². The van der Waals surface area contributed by atoms with Crippen LogP contribution in [0.4, 0.5) is 0 Å². The van der Waals surface area contributed by atoms with Crippen molar-refractivity contribution in [2.45, 2.75) is 31.4 Å². The molecule has 22 heavy (non-hydrogen) atoms. The molecular weight excluding hydrogens is 334 g/mol. The maximum absolute atomic E-state index is 12.8. The highest BCUT2D eigenvalue weighted by Gasteiger charge is 2.26. The maximum Gasteiger partial charge on any atom is 0.267 e. The van der Waals surface area contributed by atoms with Gasteiger partial charge in [-0.3, -0.25) is 4.79 Å². The van der Waals surface area contributed by atoms with Crippen molar-refractivity contribution >= 4 is 40.5 Å². The number of thiophene rings is 1. The Balaban J connectivity index is 1.67. The topological polar surface area (TPSA) is 46.1 Å². The Morgan fingerprint density at radius 2 is 2.36 bits per heavy atom. The fraction of sp³-hybridized carbons (Fsp3) is 0.533. The lowest BCUT2D eigenvalue weighted by atomic mass is 10.2. The first-order valence-corrected chi connectivity index (χ1v) is 10.2. The normalized spacial score (nSPS) is 19.1. The van der Waals surface area contributed by atoms with E-state index in [4.69, 9.17) is 0 Å². The molecule has 0 aliphatic carbocycles. The Kier molecular flexibility index (Phi) is 5.49. The fourth-order valence-electron chi connectivity index (χ4n) is 2.59. The van der Waals surface area contributed by atoms with Gasteiger partial charge in [0.05, 0.1) is 5.69 Å². The number of aryl methyl sites for hydroxylation is 1. The van der Waals surface area contributed by atoms with E-state index >= 15 is 0 Å². The number of hydrogen-bond donors (Lipinski definition) is 0. The summed E-state index contributed by atoms with van der Waals surface area (Å²) in [6.45, 7) is 3.73. The van der Waals surface area contributed by atoms with Gasteiger partial charge in [-0.2, -0.15) is 11.8 Å². The van der Waals surface area contributed by atoms with Crippen LogP contribution in [0.1, 0.15) is 45.3 Å². The predicted octanol–water partition coefficient (Wildman–Crippen LogP) is 3.87. The summed E-state index contributed by atoms with van der Waals surface area (Å²) in [6.07, 6.45) is 2.84. The molecule has 3 rings (SSSR count). The molecule has 0 aromatic carbocycles. The molecule has 0 saturated carbocycles. The number of hydrogen-bond acceptors (Lipinski definition) is 6. The maximum atomic E-state index is 12.8. The van der Waals surface area contributed by atoms with E-state index in [1.807, 2.05) is 28.0 Å². The van der Waals surface area contributed by atoms with Gasteiger partial charge >= 0.3 is 0 Å². The number of aromatic nitrogens is 2. The molecular formula is C15H19N3OS3. The first-order chi connectivity index (χ1) is 10.8. The second kappa shape index (κ2) is 7.57. The third-order valence-electron chi connectivity index (χ3n) is 3.73. The van der Waals surface area contributed by atoms with Crippen LogP contribution in [-0.2, 0) is 6.42 Å². The van der Waals surface area contributed by atoms with Crippen LogP contribution in [-0.4, -0.2) is 39.2 Å². The average Bonchev–Trinajstić information content (AvgIpc) is 3.15. The standard InChI is InChI=1S/C15H19N3OS3/c1-2-4-11-14(22-17-16-11)15(19)18-7-6-13(21-10-8-18)12-5-3-9-20-12/h3,5,9,13H,2,4,6-8,10H2,1H3. The smallest absolute Gasteiger partial charge is 0.267 e. The van der Waals surface area contributed by atoms with Crippen molar-refractivity contribution < 1.29 is 4.79 Å². The van der Waals surface area contributed by atoms with Crippen molar-refractivity contribution in [3.05, 3.63) is 33.0 Å². The molecule has 1 aliphatic rings. The van der Waals surface area contributed by atoms with Gasteiger partial charge in [0.1, 0.15) is 4.88 Å². The average molecular weight is 354 g/mol. The molecule has 1 amide bonds. The lowest BCUT2D eigenvalue weighted by Gasteiger charge is -2.19. The summed E-state index contributed by atoms with van der Waals surface area (Å²) in [6, 6.07) is 4.31. The van der Waals surface area contributed by atoms with E-state index in [9.17, 15) is 4.79 Å². The zero-order valence-electron chi connectivity index (χ0n) is 12.5. The minimum atomic E-state index is 0.117. The van der Waals surface area contributed by atoms with Crippen LogP contribution in [0.2, 0.25) is 0 Å². The Labute approximate surface area is 143 Å². The van der Waals surface area contributed by atoms with Gasteiger partial charge < -0.3 is 4.90 Å². The van der Waals surface area contributed by atoms with Gasteiger partial charge in [0.2, 0.25) is 0 Å². The summed E-state index contributed by atoms with van der Waals surface area (Å²) >= 11 is 5.02. The SMILES string of the molecule is CCCc1nnsc1C(=O)N1CCSC(c2cccs2)CC1. The van der Waals surface area contributed by atoms with E-state index in [0.29, 0.717) is 5.25 Å². The van der Waals surface area contributed by atoms with E-state index in [1.165, 1.54) is 16.4 Å². The quantitative estimate of drug-likeness (QED) is 0.837. The van der Waals surface area contributed by atoms with Crippen molar-refractivity contribution in [3.8, 4) is 0 Å². The minimum absolute atomic E-state index is 0.117. The van der Waals surface area contributed by atoms with Crippen molar-refractivity contribution in [2.24, 2.45) is 0 Å². The zero-order chi connectivity index (χ0) is 15.4. The molecule has 4 nitrogen and oxygen atoms in total. The molecule has 1 fully saturated rings. The highest BCUT2D eigenvalue weighted by molar-refractivity contribution is 7.99. The van der Waals surface area contributed by atoms with E-state index in [0.717, 1.165) is 48.7 Å². The second-order valence-corrected chi connectivity index (χ2v) is 8.30. The molecule has 0 radical (unpaired) electrons. The number of thioether (sulfide) groups is 1. The largest absolute Gasteiger partial charge is 0.337 e. The lowest BCUT2D eigenvalue weighted by molar-refractivity contribution is 0.0770. The third kappa shape index (κ3) is 3.52. The van der Waals surface area contributed by atoms with E-state index in [1.54, 1.807) is 0 Å². The van der Waals surface area contributed by atoms with Crippen LogP contribution in [0, 0.1) is 0 Å². The van der Waals surface area contributed by atoms with Crippen molar-refractivity contribution in [1.29, 1.82) is 0 Å². The zero-order valence-corrected chi connectivity index (χ0v) is 15.0. The Hall–Kier alpha value is -0.920. The second-order valence-electron chi connectivity index (χ2n) is 5.25. The molecule has 118 valence electrons. The van der Waals surface area contributed by atoms with Crippen LogP contribution < -0.4 is 0 Å². The fourth-order valence-corrected chi connectivity index (χ4v) is 5.50. The number of nitrogens with zero attached hydrogens (tertiary/aromatic N) is 3. The number of amides is 1. The van der Waals surface area contributed by atoms with Crippen LogP contribution in [0.15, 0.2) is 17.5 Å². The number of carbonyl (C=O) groups excluding carboxylic acids is 1. The predicted molar refractivity (Wildman–Crippen MR) is 93.9 cm³/mol. The molecule has 0 spiro atoms. The third-order valence-corrected chi connectivity index (χ3v) is 6.93. The molecule has 2 aromatic heterocycles. The first kappa shape index (κ1) is 16.0. The van der Waals surface area contributed by atoms with E-state index < -0.39 is 0 Å². The summed E-state index contributed by atoms with van der Waals surface area (Å²) in [5, 5.41) is 6.77. The van der Waals surface area contributed by atoms with Crippen molar-refractivity contribution in [1.82, 2.24) is 14.5 Å². The van der Waals surface area contributed by atoms with Gasteiger partial charge in [-0.05, 0) is 35.8 Å². The molecule has 1 unspecified atom stereocenters. The molecule has 7 heteroatoms. The van der Waals surface area contributed by atoms with E-state index in [2.05, 4.69) is 34.0 Å². The molecule has 0 bridgehead atoms. The van der Waals surface area contributed by atoms with Crippen LogP contribution in [0.5, 0.6) is 0 Å². The van der Waals surface area contributed by atoms with Gasteiger partial charge in [0.15, 0.2) is 0 Å². The van der Waals surface area contributed by atoms with Crippen molar-refractivity contribution in [2.75, 3.05) is 18.8 Å². The lowest BCUT2D eigenvalue weighted by Crippen LogP contribution is -2.33. The highest BCUT2D eigenvalue weighted by Crippen LogP contribution is 2.37. The van der Waals surface area contributed by atoms with Gasteiger partial charge in [-0.1, -0.05) is 23.9 Å². The van der Waals surface area contributed by atoms with E-state index in [-0.39, 0.29) is 5.91 Å². The summed E-state index contributed by atoms with van der Waals surface area (Å²) in [4.78, 5) is 16.9. The minimum Gasteiger partial charge on any atom is -0.337 e. The Bertz CT molecular complexity index is 611. The van der Waals surface area contributed by atoms with Crippen LogP contribution in [0.3, 0.4) is 0 Å². The Morgan fingerprint density at radius 3 is 3.14 bits per heavy atom. The Morgan fingerprint density at radius 1 is 1.45 bits per heavy atom. The molecule has 1 aliphatic heterocycles. The summed E-state index contributed by atoms with van der Waals surface area (Å²) < 4.78 is 3.98.